The summed E-state index contributed by atoms with van der Waals surface area (Å²) >= 11 is 0. The fourth-order valence-corrected chi connectivity index (χ4v) is 2.66. The van der Waals surface area contributed by atoms with Gasteiger partial charge in [-0.3, -0.25) is 0 Å². The topological polar surface area (TPSA) is 57.0 Å². The highest BCUT2D eigenvalue weighted by Gasteiger charge is 2.40. The Morgan fingerprint density at radius 1 is 1.24 bits per heavy atom. The maximum atomic E-state index is 13.7. The van der Waals surface area contributed by atoms with Crippen molar-refractivity contribution in [1.29, 1.82) is 0 Å². The number of benzene rings is 1. The lowest BCUT2D eigenvalue weighted by atomic mass is 10.0. The SMILES string of the molecule is CCOC(=O)c1cnc2c(c(C)nn2-c2ccccc2)c1C(F)(F)F. The molecule has 3 aromatic rings. The lowest BCUT2D eigenvalue weighted by Gasteiger charge is -2.13. The number of alkyl halides is 3. The van der Waals surface area contributed by atoms with E-state index < -0.39 is 23.3 Å². The van der Waals surface area contributed by atoms with Crippen molar-refractivity contribution in [3.8, 4) is 5.69 Å². The summed E-state index contributed by atoms with van der Waals surface area (Å²) in [5, 5.41) is 3.98. The number of halogens is 3. The smallest absolute Gasteiger partial charge is 0.418 e. The van der Waals surface area contributed by atoms with Crippen molar-refractivity contribution in [3.05, 3.63) is 53.3 Å². The van der Waals surface area contributed by atoms with Gasteiger partial charge < -0.3 is 4.74 Å². The van der Waals surface area contributed by atoms with Crippen LogP contribution < -0.4 is 0 Å². The summed E-state index contributed by atoms with van der Waals surface area (Å²) in [6.45, 7) is 2.94. The zero-order valence-electron chi connectivity index (χ0n) is 13.5. The van der Waals surface area contributed by atoms with E-state index in [0.717, 1.165) is 6.20 Å². The maximum absolute atomic E-state index is 13.7. The van der Waals surface area contributed by atoms with E-state index in [4.69, 9.17) is 4.74 Å². The van der Waals surface area contributed by atoms with Crippen molar-refractivity contribution in [1.82, 2.24) is 14.8 Å². The van der Waals surface area contributed by atoms with Gasteiger partial charge in [-0.15, -0.1) is 0 Å². The molecule has 0 N–H and O–H groups in total. The van der Waals surface area contributed by atoms with Crippen LogP contribution >= 0.6 is 0 Å². The minimum absolute atomic E-state index is 0.0313. The molecule has 0 aliphatic heterocycles. The predicted octanol–water partition coefficient (Wildman–Crippen LogP) is 3.92. The molecule has 2 heterocycles. The lowest BCUT2D eigenvalue weighted by molar-refractivity contribution is -0.136. The molecule has 3 rings (SSSR count). The minimum atomic E-state index is -4.75. The molecular formula is C17H14F3N3O2. The molecule has 0 fully saturated rings. The summed E-state index contributed by atoms with van der Waals surface area (Å²) in [5.74, 6) is -1.06. The van der Waals surface area contributed by atoms with E-state index in [0.29, 0.717) is 5.69 Å². The number of carbonyl (C=O) groups is 1. The van der Waals surface area contributed by atoms with Crippen LogP contribution in [0.4, 0.5) is 13.2 Å². The number of nitrogens with zero attached hydrogens (tertiary/aromatic N) is 3. The summed E-state index contributed by atoms with van der Waals surface area (Å²) in [5.41, 5.74) is -0.952. The number of aromatic nitrogens is 3. The zero-order chi connectivity index (χ0) is 18.2. The molecule has 0 unspecified atom stereocenters. The average Bonchev–Trinajstić information content (AvgIpc) is 2.91. The van der Waals surface area contributed by atoms with Crippen molar-refractivity contribution in [2.75, 3.05) is 6.61 Å². The van der Waals surface area contributed by atoms with Crippen LogP contribution in [0.2, 0.25) is 0 Å². The van der Waals surface area contributed by atoms with E-state index in [1.165, 1.54) is 18.5 Å². The molecule has 1 aromatic carbocycles. The van der Waals surface area contributed by atoms with Crippen LogP contribution in [0, 0.1) is 6.92 Å². The van der Waals surface area contributed by atoms with Gasteiger partial charge in [0.15, 0.2) is 5.65 Å². The normalized spacial score (nSPS) is 11.7. The summed E-state index contributed by atoms with van der Waals surface area (Å²) in [6, 6.07) is 8.70. The van der Waals surface area contributed by atoms with Gasteiger partial charge in [-0.25, -0.2) is 14.5 Å². The molecule has 0 atom stereocenters. The van der Waals surface area contributed by atoms with E-state index in [2.05, 4.69) is 10.1 Å². The van der Waals surface area contributed by atoms with Crippen molar-refractivity contribution < 1.29 is 22.7 Å². The Morgan fingerprint density at radius 3 is 2.52 bits per heavy atom. The Bertz CT molecular complexity index is 934. The molecule has 0 aliphatic rings. The van der Waals surface area contributed by atoms with Gasteiger partial charge in [-0.05, 0) is 26.0 Å². The first-order chi connectivity index (χ1) is 11.8. The molecule has 0 aliphatic carbocycles. The largest absolute Gasteiger partial charge is 0.462 e. The zero-order valence-corrected chi connectivity index (χ0v) is 13.5. The molecule has 0 saturated carbocycles. The Balaban J connectivity index is 2.34. The van der Waals surface area contributed by atoms with Gasteiger partial charge in [0.1, 0.15) is 0 Å². The second-order valence-corrected chi connectivity index (χ2v) is 5.30. The monoisotopic (exact) mass is 349 g/mol. The van der Waals surface area contributed by atoms with E-state index >= 15 is 0 Å². The number of hydrogen-bond acceptors (Lipinski definition) is 4. The number of pyridine rings is 1. The van der Waals surface area contributed by atoms with E-state index in [1.807, 2.05) is 0 Å². The Morgan fingerprint density at radius 2 is 1.92 bits per heavy atom. The fraction of sp³-hybridized carbons (Fsp3) is 0.235. The number of esters is 1. The van der Waals surface area contributed by atoms with Gasteiger partial charge in [-0.1, -0.05) is 18.2 Å². The van der Waals surface area contributed by atoms with Crippen molar-refractivity contribution in [2.24, 2.45) is 0 Å². The number of aryl methyl sites for hydroxylation is 1. The Hall–Kier alpha value is -2.90. The second-order valence-electron chi connectivity index (χ2n) is 5.30. The number of fused-ring (bicyclic) bond motifs is 1. The van der Waals surface area contributed by atoms with E-state index in [9.17, 15) is 18.0 Å². The molecule has 5 nitrogen and oxygen atoms in total. The van der Waals surface area contributed by atoms with Gasteiger partial charge in [-0.2, -0.15) is 18.3 Å². The minimum Gasteiger partial charge on any atom is -0.462 e. The number of rotatable bonds is 3. The summed E-state index contributed by atoms with van der Waals surface area (Å²) in [4.78, 5) is 16.0. The molecular weight excluding hydrogens is 335 g/mol. The quantitative estimate of drug-likeness (QED) is 0.673. The number of para-hydroxylation sites is 1. The third-order valence-electron chi connectivity index (χ3n) is 3.65. The van der Waals surface area contributed by atoms with Crippen LogP contribution in [0.3, 0.4) is 0 Å². The molecule has 8 heteroatoms. The lowest BCUT2D eigenvalue weighted by Crippen LogP contribution is -2.16. The summed E-state index contributed by atoms with van der Waals surface area (Å²) < 4.78 is 47.2. The Kier molecular flexibility index (Phi) is 4.20. The number of hydrogen-bond donors (Lipinski definition) is 0. The molecule has 2 aromatic heterocycles. The van der Waals surface area contributed by atoms with Gasteiger partial charge in [0.05, 0.1) is 34.5 Å². The molecule has 0 radical (unpaired) electrons. The van der Waals surface area contributed by atoms with Crippen LogP contribution in [-0.2, 0) is 10.9 Å². The maximum Gasteiger partial charge on any atom is 0.418 e. The molecule has 0 bridgehead atoms. The highest BCUT2D eigenvalue weighted by molar-refractivity contribution is 5.97. The molecule has 25 heavy (non-hydrogen) atoms. The van der Waals surface area contributed by atoms with Crippen molar-refractivity contribution in [3.63, 3.8) is 0 Å². The van der Waals surface area contributed by atoms with Gasteiger partial charge in [0.25, 0.3) is 0 Å². The Labute approximate surface area is 141 Å². The first kappa shape index (κ1) is 16.9. The van der Waals surface area contributed by atoms with Crippen LogP contribution in [0.25, 0.3) is 16.7 Å². The highest BCUT2D eigenvalue weighted by atomic mass is 19.4. The molecule has 0 saturated heterocycles. The molecule has 130 valence electrons. The second kappa shape index (κ2) is 6.19. The van der Waals surface area contributed by atoms with Crippen LogP contribution in [0.5, 0.6) is 0 Å². The van der Waals surface area contributed by atoms with Crippen LogP contribution in [0.15, 0.2) is 36.5 Å². The first-order valence-corrected chi connectivity index (χ1v) is 7.52. The predicted molar refractivity (Wildman–Crippen MR) is 84.6 cm³/mol. The van der Waals surface area contributed by atoms with Crippen LogP contribution in [0.1, 0.15) is 28.5 Å². The fourth-order valence-electron chi connectivity index (χ4n) is 2.66. The summed E-state index contributed by atoms with van der Waals surface area (Å²) in [6.07, 6.45) is -3.86. The molecule has 0 amide bonds. The van der Waals surface area contributed by atoms with Crippen molar-refractivity contribution in [2.45, 2.75) is 20.0 Å². The molecule has 0 spiro atoms. The third-order valence-corrected chi connectivity index (χ3v) is 3.65. The average molecular weight is 349 g/mol. The number of ether oxygens (including phenoxy) is 1. The third kappa shape index (κ3) is 2.95. The van der Waals surface area contributed by atoms with Gasteiger partial charge >= 0.3 is 12.1 Å². The van der Waals surface area contributed by atoms with Gasteiger partial charge in [0, 0.05) is 6.20 Å². The van der Waals surface area contributed by atoms with Crippen molar-refractivity contribution >= 4 is 17.0 Å². The highest BCUT2D eigenvalue weighted by Crippen LogP contribution is 2.38. The van der Waals surface area contributed by atoms with E-state index in [-0.39, 0.29) is 23.3 Å². The first-order valence-electron chi connectivity index (χ1n) is 7.52. The number of carbonyl (C=O) groups excluding carboxylic acids is 1. The summed E-state index contributed by atoms with van der Waals surface area (Å²) in [7, 11) is 0. The van der Waals surface area contributed by atoms with E-state index in [1.54, 1.807) is 30.3 Å². The van der Waals surface area contributed by atoms with Gasteiger partial charge in [0.2, 0.25) is 0 Å². The standard InChI is InChI=1S/C17H14F3N3O2/c1-3-25-16(24)12-9-21-15-13(14(12)17(18,19)20)10(2)22-23(15)11-7-5-4-6-8-11/h4-9H,3H2,1-2H3. The van der Waals surface area contributed by atoms with Crippen LogP contribution in [-0.4, -0.2) is 27.3 Å².